The highest BCUT2D eigenvalue weighted by atomic mass is 16.5. The van der Waals surface area contributed by atoms with Gasteiger partial charge in [-0.15, -0.1) is 0 Å². The van der Waals surface area contributed by atoms with E-state index >= 15 is 0 Å². The third kappa shape index (κ3) is 3.83. The number of carbonyl (C=O) groups excluding carboxylic acids is 1. The first kappa shape index (κ1) is 13.7. The van der Waals surface area contributed by atoms with Gasteiger partial charge in [-0.3, -0.25) is 9.48 Å². The fraction of sp³-hybridized carbons (Fsp3) is 0.636. The van der Waals surface area contributed by atoms with E-state index in [-0.39, 0.29) is 12.5 Å². The lowest BCUT2D eigenvalue weighted by molar-refractivity contribution is -0.125. The Kier molecular flexibility index (Phi) is 5.11. The van der Waals surface area contributed by atoms with Crippen LogP contribution in [0.2, 0.25) is 0 Å². The van der Waals surface area contributed by atoms with Crippen molar-refractivity contribution in [2.24, 2.45) is 12.8 Å². The van der Waals surface area contributed by atoms with Crippen molar-refractivity contribution in [2.45, 2.75) is 20.4 Å². The zero-order chi connectivity index (χ0) is 12.8. The number of ether oxygens (including phenoxy) is 1. The summed E-state index contributed by atoms with van der Waals surface area (Å²) < 4.78 is 6.85. The Morgan fingerprint density at radius 1 is 1.53 bits per heavy atom. The van der Waals surface area contributed by atoms with E-state index in [4.69, 9.17) is 10.5 Å². The van der Waals surface area contributed by atoms with E-state index in [1.54, 1.807) is 0 Å². The highest BCUT2D eigenvalue weighted by Crippen LogP contribution is 2.10. The Morgan fingerprint density at radius 3 is 2.76 bits per heavy atom. The van der Waals surface area contributed by atoms with Gasteiger partial charge in [-0.05, 0) is 13.8 Å². The molecule has 0 bridgehead atoms. The van der Waals surface area contributed by atoms with Crippen LogP contribution in [0.3, 0.4) is 0 Å². The number of aryl methyl sites for hydroxylation is 2. The summed E-state index contributed by atoms with van der Waals surface area (Å²) >= 11 is 0. The van der Waals surface area contributed by atoms with Crippen molar-refractivity contribution in [2.75, 3.05) is 19.8 Å². The van der Waals surface area contributed by atoms with Crippen molar-refractivity contribution in [3.05, 3.63) is 17.0 Å². The van der Waals surface area contributed by atoms with Gasteiger partial charge in [0.05, 0.1) is 12.3 Å². The van der Waals surface area contributed by atoms with Gasteiger partial charge < -0.3 is 15.8 Å². The lowest BCUT2D eigenvalue weighted by atomic mass is 10.2. The van der Waals surface area contributed by atoms with Crippen molar-refractivity contribution in [1.82, 2.24) is 15.1 Å². The number of nitrogens with one attached hydrogen (secondary N) is 1. The Hall–Kier alpha value is -1.40. The van der Waals surface area contributed by atoms with Crippen molar-refractivity contribution < 1.29 is 9.53 Å². The standard InChI is InChI=1S/C11H20N4O2/c1-8-10(9(2)15(3)14-8)6-13-11(16)7-17-5-4-12/h4-7,12H2,1-3H3,(H,13,16). The molecule has 1 rings (SSSR count). The lowest BCUT2D eigenvalue weighted by Crippen LogP contribution is -2.28. The van der Waals surface area contributed by atoms with Crippen LogP contribution >= 0.6 is 0 Å². The molecule has 0 aliphatic rings. The number of aromatic nitrogens is 2. The van der Waals surface area contributed by atoms with E-state index in [0.717, 1.165) is 17.0 Å². The molecule has 0 atom stereocenters. The molecule has 17 heavy (non-hydrogen) atoms. The van der Waals surface area contributed by atoms with E-state index < -0.39 is 0 Å². The summed E-state index contributed by atoms with van der Waals surface area (Å²) in [5.41, 5.74) is 8.31. The molecule has 1 amide bonds. The van der Waals surface area contributed by atoms with Gasteiger partial charge in [0, 0.05) is 31.4 Å². The van der Waals surface area contributed by atoms with Gasteiger partial charge in [0.15, 0.2) is 0 Å². The number of amides is 1. The second-order valence-electron chi connectivity index (χ2n) is 3.89. The predicted molar refractivity (Wildman–Crippen MR) is 64.4 cm³/mol. The third-order valence-electron chi connectivity index (χ3n) is 2.62. The summed E-state index contributed by atoms with van der Waals surface area (Å²) in [5.74, 6) is -0.138. The normalized spacial score (nSPS) is 10.6. The SMILES string of the molecule is Cc1nn(C)c(C)c1CNC(=O)COCCN. The van der Waals surface area contributed by atoms with Crippen molar-refractivity contribution in [3.8, 4) is 0 Å². The van der Waals surface area contributed by atoms with Crippen molar-refractivity contribution >= 4 is 5.91 Å². The molecular weight excluding hydrogens is 220 g/mol. The van der Waals surface area contributed by atoms with Crippen LogP contribution in [0.25, 0.3) is 0 Å². The minimum Gasteiger partial charge on any atom is -0.370 e. The molecule has 96 valence electrons. The fourth-order valence-corrected chi connectivity index (χ4v) is 1.56. The predicted octanol–water partition coefficient (Wildman–Crippen LogP) is -0.372. The van der Waals surface area contributed by atoms with Crippen molar-refractivity contribution in [1.29, 1.82) is 0 Å². The van der Waals surface area contributed by atoms with Crippen LogP contribution in [0, 0.1) is 13.8 Å². The van der Waals surface area contributed by atoms with Crippen LogP contribution in [-0.4, -0.2) is 35.4 Å². The average Bonchev–Trinajstić information content (AvgIpc) is 2.51. The molecule has 0 aliphatic carbocycles. The first-order chi connectivity index (χ1) is 8.06. The fourth-order valence-electron chi connectivity index (χ4n) is 1.56. The Labute approximate surface area is 101 Å². The Balaban J connectivity index is 2.42. The summed E-state index contributed by atoms with van der Waals surface area (Å²) in [5, 5.41) is 7.08. The second-order valence-corrected chi connectivity index (χ2v) is 3.89. The van der Waals surface area contributed by atoms with E-state index in [0.29, 0.717) is 19.7 Å². The molecule has 1 heterocycles. The van der Waals surface area contributed by atoms with Crippen LogP contribution in [-0.2, 0) is 23.1 Å². The lowest BCUT2D eigenvalue weighted by Gasteiger charge is -2.06. The van der Waals surface area contributed by atoms with Crippen LogP contribution < -0.4 is 11.1 Å². The summed E-state index contributed by atoms with van der Waals surface area (Å²) in [6, 6.07) is 0. The molecular formula is C11H20N4O2. The van der Waals surface area contributed by atoms with Crippen LogP contribution in [0.5, 0.6) is 0 Å². The largest absolute Gasteiger partial charge is 0.370 e. The van der Waals surface area contributed by atoms with E-state index in [9.17, 15) is 4.79 Å². The molecule has 1 aromatic heterocycles. The smallest absolute Gasteiger partial charge is 0.246 e. The number of carbonyl (C=O) groups is 1. The number of nitrogens with two attached hydrogens (primary N) is 1. The van der Waals surface area contributed by atoms with E-state index in [1.807, 2.05) is 25.6 Å². The van der Waals surface area contributed by atoms with Crippen LogP contribution in [0.4, 0.5) is 0 Å². The molecule has 6 heteroatoms. The van der Waals surface area contributed by atoms with E-state index in [2.05, 4.69) is 10.4 Å². The molecule has 0 aromatic carbocycles. The maximum absolute atomic E-state index is 11.4. The van der Waals surface area contributed by atoms with Gasteiger partial charge in [0.25, 0.3) is 0 Å². The van der Waals surface area contributed by atoms with Gasteiger partial charge in [0.1, 0.15) is 6.61 Å². The zero-order valence-corrected chi connectivity index (χ0v) is 10.6. The molecule has 0 saturated carbocycles. The first-order valence-electron chi connectivity index (χ1n) is 5.59. The summed E-state index contributed by atoms with van der Waals surface area (Å²) in [6.07, 6.45) is 0. The maximum atomic E-state index is 11.4. The number of rotatable bonds is 6. The molecule has 0 fully saturated rings. The average molecular weight is 240 g/mol. The number of hydrogen-bond donors (Lipinski definition) is 2. The maximum Gasteiger partial charge on any atom is 0.246 e. The van der Waals surface area contributed by atoms with Crippen LogP contribution in [0.1, 0.15) is 17.0 Å². The highest BCUT2D eigenvalue weighted by molar-refractivity contribution is 5.77. The summed E-state index contributed by atoms with van der Waals surface area (Å²) in [4.78, 5) is 11.4. The summed E-state index contributed by atoms with van der Waals surface area (Å²) in [7, 11) is 1.89. The third-order valence-corrected chi connectivity index (χ3v) is 2.62. The molecule has 0 unspecified atom stereocenters. The number of nitrogens with zero attached hydrogens (tertiary/aromatic N) is 2. The second kappa shape index (κ2) is 6.36. The van der Waals surface area contributed by atoms with Crippen molar-refractivity contribution in [3.63, 3.8) is 0 Å². The zero-order valence-electron chi connectivity index (χ0n) is 10.6. The molecule has 0 spiro atoms. The monoisotopic (exact) mass is 240 g/mol. The molecule has 0 radical (unpaired) electrons. The van der Waals surface area contributed by atoms with Gasteiger partial charge in [-0.25, -0.2) is 0 Å². The molecule has 6 nitrogen and oxygen atoms in total. The topological polar surface area (TPSA) is 82.2 Å². The van der Waals surface area contributed by atoms with Gasteiger partial charge in [-0.1, -0.05) is 0 Å². The number of hydrogen-bond acceptors (Lipinski definition) is 4. The van der Waals surface area contributed by atoms with Gasteiger partial charge in [-0.2, -0.15) is 5.10 Å². The van der Waals surface area contributed by atoms with Crippen LogP contribution in [0.15, 0.2) is 0 Å². The molecule has 0 saturated heterocycles. The minimum absolute atomic E-state index is 0.0511. The van der Waals surface area contributed by atoms with Gasteiger partial charge in [0.2, 0.25) is 5.91 Å². The molecule has 0 aliphatic heterocycles. The van der Waals surface area contributed by atoms with E-state index in [1.165, 1.54) is 0 Å². The van der Waals surface area contributed by atoms with Gasteiger partial charge >= 0.3 is 0 Å². The molecule has 1 aromatic rings. The highest BCUT2D eigenvalue weighted by Gasteiger charge is 2.10. The summed E-state index contributed by atoms with van der Waals surface area (Å²) in [6.45, 7) is 5.27. The Morgan fingerprint density at radius 2 is 2.24 bits per heavy atom. The quantitative estimate of drug-likeness (QED) is 0.665. The molecule has 3 N–H and O–H groups in total. The minimum atomic E-state index is -0.138. The Bertz CT molecular complexity index is 387. The first-order valence-corrected chi connectivity index (χ1v) is 5.59.